The Labute approximate surface area is 93.0 Å². The molecule has 0 N–H and O–H groups in total. The topological polar surface area (TPSA) is 26.3 Å². The maximum atomic E-state index is 12.4. The van der Waals surface area contributed by atoms with Gasteiger partial charge in [0.25, 0.3) is 0 Å². The number of esters is 1. The highest BCUT2D eigenvalue weighted by Gasteiger charge is 2.35. The molecule has 0 spiro atoms. The van der Waals surface area contributed by atoms with E-state index < -0.39 is 23.6 Å². The minimum atomic E-state index is -4.53. The minimum Gasteiger partial charge on any atom is -0.422 e. The van der Waals surface area contributed by atoms with Crippen LogP contribution in [0, 0.1) is 0 Å². The molecule has 0 amide bonds. The molecule has 0 unspecified atom stereocenters. The van der Waals surface area contributed by atoms with Gasteiger partial charge < -0.3 is 4.74 Å². The fraction of sp³-hybridized carbons (Fsp3) is 0.300. The zero-order chi connectivity index (χ0) is 13.3. The SMILES string of the molecule is CC(F)(F)C(=O)Oc1ccc(C(F)(F)F)cc1. The fourth-order valence-electron chi connectivity index (χ4n) is 0.909. The molecule has 0 aromatic heterocycles. The molecular formula is C10H7F5O2. The maximum absolute atomic E-state index is 12.4. The van der Waals surface area contributed by atoms with E-state index in [1.165, 1.54) is 0 Å². The van der Waals surface area contributed by atoms with Crippen LogP contribution in [0.4, 0.5) is 22.0 Å². The summed E-state index contributed by atoms with van der Waals surface area (Å²) in [6.07, 6.45) is -4.53. The van der Waals surface area contributed by atoms with Gasteiger partial charge >= 0.3 is 18.1 Å². The van der Waals surface area contributed by atoms with Crippen molar-refractivity contribution in [2.24, 2.45) is 0 Å². The number of ether oxygens (including phenoxy) is 1. The largest absolute Gasteiger partial charge is 0.422 e. The Hall–Kier alpha value is -1.66. The van der Waals surface area contributed by atoms with Gasteiger partial charge in [-0.25, -0.2) is 4.79 Å². The predicted molar refractivity (Wildman–Crippen MR) is 47.7 cm³/mol. The molecule has 0 radical (unpaired) electrons. The van der Waals surface area contributed by atoms with Crippen molar-refractivity contribution in [1.82, 2.24) is 0 Å². The van der Waals surface area contributed by atoms with E-state index in [-0.39, 0.29) is 5.75 Å². The molecule has 1 aromatic rings. The molecule has 94 valence electrons. The number of carbonyl (C=O) groups excluding carboxylic acids is 1. The van der Waals surface area contributed by atoms with Gasteiger partial charge in [0.1, 0.15) is 5.75 Å². The van der Waals surface area contributed by atoms with Gasteiger partial charge in [0.05, 0.1) is 5.56 Å². The van der Waals surface area contributed by atoms with Crippen molar-refractivity contribution in [2.45, 2.75) is 19.0 Å². The summed E-state index contributed by atoms with van der Waals surface area (Å²) in [4.78, 5) is 10.7. The van der Waals surface area contributed by atoms with Gasteiger partial charge in [-0.15, -0.1) is 0 Å². The highest BCUT2D eigenvalue weighted by atomic mass is 19.4. The zero-order valence-corrected chi connectivity index (χ0v) is 8.52. The molecule has 0 saturated carbocycles. The summed E-state index contributed by atoms with van der Waals surface area (Å²) < 4.78 is 65.5. The first-order valence-corrected chi connectivity index (χ1v) is 4.38. The van der Waals surface area contributed by atoms with E-state index in [0.717, 1.165) is 12.1 Å². The number of alkyl halides is 5. The summed E-state index contributed by atoms with van der Waals surface area (Å²) in [5, 5.41) is 0. The second kappa shape index (κ2) is 4.31. The minimum absolute atomic E-state index is 0.333. The molecule has 2 nitrogen and oxygen atoms in total. The molecule has 17 heavy (non-hydrogen) atoms. The van der Waals surface area contributed by atoms with Gasteiger partial charge in [0, 0.05) is 6.92 Å². The third kappa shape index (κ3) is 3.69. The number of halogens is 5. The first-order valence-electron chi connectivity index (χ1n) is 4.38. The van der Waals surface area contributed by atoms with Crippen LogP contribution in [0.3, 0.4) is 0 Å². The molecule has 1 rings (SSSR count). The zero-order valence-electron chi connectivity index (χ0n) is 8.52. The molecule has 0 atom stereocenters. The second-order valence-corrected chi connectivity index (χ2v) is 3.30. The highest BCUT2D eigenvalue weighted by molar-refractivity contribution is 5.79. The molecular weight excluding hydrogens is 247 g/mol. The van der Waals surface area contributed by atoms with E-state index in [9.17, 15) is 26.7 Å². The molecule has 0 aliphatic carbocycles. The lowest BCUT2D eigenvalue weighted by Crippen LogP contribution is -2.29. The van der Waals surface area contributed by atoms with Crippen molar-refractivity contribution in [3.8, 4) is 5.75 Å². The Balaban J connectivity index is 2.80. The lowest BCUT2D eigenvalue weighted by atomic mass is 10.2. The lowest BCUT2D eigenvalue weighted by molar-refractivity contribution is -0.158. The Bertz CT molecular complexity index is 402. The number of rotatable bonds is 2. The van der Waals surface area contributed by atoms with E-state index >= 15 is 0 Å². The number of hydrogen-bond donors (Lipinski definition) is 0. The van der Waals surface area contributed by atoms with Gasteiger partial charge in [0.15, 0.2) is 0 Å². The van der Waals surface area contributed by atoms with E-state index in [1.807, 2.05) is 0 Å². The second-order valence-electron chi connectivity index (χ2n) is 3.30. The Morgan fingerprint density at radius 1 is 1.06 bits per heavy atom. The van der Waals surface area contributed by atoms with Crippen LogP contribution in [0.1, 0.15) is 12.5 Å². The molecule has 7 heteroatoms. The Kier molecular flexibility index (Phi) is 3.40. The summed E-state index contributed by atoms with van der Waals surface area (Å²) in [5.74, 6) is -5.88. The van der Waals surface area contributed by atoms with Crippen LogP contribution in [-0.2, 0) is 11.0 Å². The molecule has 0 bridgehead atoms. The first kappa shape index (κ1) is 13.4. The maximum Gasteiger partial charge on any atom is 0.416 e. The summed E-state index contributed by atoms with van der Waals surface area (Å²) in [6.45, 7) is 0.333. The lowest BCUT2D eigenvalue weighted by Gasteiger charge is -2.10. The van der Waals surface area contributed by atoms with Gasteiger partial charge in [-0.3, -0.25) is 0 Å². The average Bonchev–Trinajstić information content (AvgIpc) is 2.15. The van der Waals surface area contributed by atoms with Crippen LogP contribution in [0.2, 0.25) is 0 Å². The van der Waals surface area contributed by atoms with Gasteiger partial charge in [0.2, 0.25) is 0 Å². The molecule has 0 saturated heterocycles. The van der Waals surface area contributed by atoms with E-state index in [2.05, 4.69) is 4.74 Å². The van der Waals surface area contributed by atoms with E-state index in [0.29, 0.717) is 19.1 Å². The number of benzene rings is 1. The molecule has 0 aliphatic rings. The van der Waals surface area contributed by atoms with E-state index in [4.69, 9.17) is 0 Å². The van der Waals surface area contributed by atoms with Crippen molar-refractivity contribution in [3.05, 3.63) is 29.8 Å². The Morgan fingerprint density at radius 2 is 1.53 bits per heavy atom. The fourth-order valence-corrected chi connectivity index (χ4v) is 0.909. The van der Waals surface area contributed by atoms with Crippen molar-refractivity contribution in [2.75, 3.05) is 0 Å². The first-order chi connectivity index (χ1) is 7.60. The quantitative estimate of drug-likeness (QED) is 0.460. The Morgan fingerprint density at radius 3 is 1.88 bits per heavy atom. The van der Waals surface area contributed by atoms with Crippen LogP contribution in [-0.4, -0.2) is 11.9 Å². The monoisotopic (exact) mass is 254 g/mol. The average molecular weight is 254 g/mol. The normalized spacial score (nSPS) is 12.4. The molecule has 0 aliphatic heterocycles. The van der Waals surface area contributed by atoms with Crippen LogP contribution in [0.25, 0.3) is 0 Å². The molecule has 1 aromatic carbocycles. The summed E-state index contributed by atoms with van der Waals surface area (Å²) in [7, 11) is 0. The standard InChI is InChI=1S/C10H7F5O2/c1-9(11,12)8(16)17-7-4-2-6(3-5-7)10(13,14)15/h2-5H,1H3. The van der Waals surface area contributed by atoms with Crippen LogP contribution in [0.5, 0.6) is 5.75 Å². The highest BCUT2D eigenvalue weighted by Crippen LogP contribution is 2.30. The van der Waals surface area contributed by atoms with Crippen molar-refractivity contribution in [1.29, 1.82) is 0 Å². The third-order valence-corrected chi connectivity index (χ3v) is 1.75. The number of carbonyl (C=O) groups is 1. The summed E-state index contributed by atoms with van der Waals surface area (Å²) in [6, 6.07) is 2.87. The molecule has 0 heterocycles. The summed E-state index contributed by atoms with van der Waals surface area (Å²) >= 11 is 0. The van der Waals surface area contributed by atoms with Gasteiger partial charge in [-0.1, -0.05) is 0 Å². The van der Waals surface area contributed by atoms with Crippen molar-refractivity contribution in [3.63, 3.8) is 0 Å². The van der Waals surface area contributed by atoms with Gasteiger partial charge in [-0.2, -0.15) is 22.0 Å². The van der Waals surface area contributed by atoms with Crippen LogP contribution >= 0.6 is 0 Å². The van der Waals surface area contributed by atoms with Crippen LogP contribution < -0.4 is 4.74 Å². The third-order valence-electron chi connectivity index (χ3n) is 1.75. The molecule has 0 fully saturated rings. The van der Waals surface area contributed by atoms with Crippen molar-refractivity contribution < 1.29 is 31.5 Å². The number of hydrogen-bond acceptors (Lipinski definition) is 2. The van der Waals surface area contributed by atoms with Crippen LogP contribution in [0.15, 0.2) is 24.3 Å². The van der Waals surface area contributed by atoms with Gasteiger partial charge in [-0.05, 0) is 24.3 Å². The van der Waals surface area contributed by atoms with Crippen molar-refractivity contribution >= 4 is 5.97 Å². The summed E-state index contributed by atoms with van der Waals surface area (Å²) in [5.41, 5.74) is -0.958. The predicted octanol–water partition coefficient (Wildman–Crippen LogP) is 3.27. The smallest absolute Gasteiger partial charge is 0.416 e. The van der Waals surface area contributed by atoms with E-state index in [1.54, 1.807) is 0 Å².